The van der Waals surface area contributed by atoms with E-state index in [1.165, 1.54) is 47.5 Å². The van der Waals surface area contributed by atoms with Gasteiger partial charge in [-0.25, -0.2) is 0 Å². The van der Waals surface area contributed by atoms with E-state index in [4.69, 9.17) is 9.47 Å². The van der Waals surface area contributed by atoms with Crippen LogP contribution in [0.15, 0.2) is 57.7 Å². The molecule has 0 saturated heterocycles. The van der Waals surface area contributed by atoms with Crippen LogP contribution in [0.2, 0.25) is 0 Å². The number of anilines is 1. The number of ether oxygens (including phenoxy) is 2. The quantitative estimate of drug-likeness (QED) is 0.464. The molecule has 6 heteroatoms. The van der Waals surface area contributed by atoms with Gasteiger partial charge in [-0.15, -0.1) is 0 Å². The fraction of sp³-hybridized carbons (Fsp3) is 0.320. The second-order valence-corrected chi connectivity index (χ2v) is 10.3. The molecule has 4 heterocycles. The molecule has 158 valence electrons. The molecule has 0 unspecified atom stereocenters. The van der Waals surface area contributed by atoms with Gasteiger partial charge in [0.1, 0.15) is 22.9 Å². The van der Waals surface area contributed by atoms with Gasteiger partial charge in [-0.1, -0.05) is 42.2 Å². The van der Waals surface area contributed by atoms with E-state index in [0.717, 1.165) is 31.0 Å². The number of rotatable bonds is 2. The topological polar surface area (TPSA) is 25.6 Å². The summed E-state index contributed by atoms with van der Waals surface area (Å²) < 4.78 is 16.4. The van der Waals surface area contributed by atoms with Gasteiger partial charge in [0.2, 0.25) is 11.3 Å². The van der Waals surface area contributed by atoms with E-state index < -0.39 is 0 Å². The maximum absolute atomic E-state index is 6.34. The van der Waals surface area contributed by atoms with Gasteiger partial charge in [0, 0.05) is 16.5 Å². The predicted molar refractivity (Wildman–Crippen MR) is 127 cm³/mol. The summed E-state index contributed by atoms with van der Waals surface area (Å²) in [6.07, 6.45) is 0.866. The van der Waals surface area contributed by atoms with Crippen LogP contribution in [0, 0.1) is 13.8 Å². The molecule has 0 fully saturated rings. The highest BCUT2D eigenvalue weighted by Crippen LogP contribution is 2.50. The molecule has 6 rings (SSSR count). The number of thioether (sulfide) groups is 1. The predicted octanol–water partition coefficient (Wildman–Crippen LogP) is 5.77. The maximum Gasteiger partial charge on any atom is 0.306 e. The van der Waals surface area contributed by atoms with E-state index in [1.54, 1.807) is 0 Å². The van der Waals surface area contributed by atoms with Gasteiger partial charge in [0.25, 0.3) is 0 Å². The van der Waals surface area contributed by atoms with Crippen LogP contribution in [0.3, 0.4) is 0 Å². The van der Waals surface area contributed by atoms with Crippen molar-refractivity contribution in [3.63, 3.8) is 0 Å². The Balaban J connectivity index is 1.53. The Kier molecular flexibility index (Phi) is 4.54. The van der Waals surface area contributed by atoms with Crippen molar-refractivity contribution in [2.75, 3.05) is 24.7 Å². The highest BCUT2D eigenvalue weighted by atomic mass is 32.2. The summed E-state index contributed by atoms with van der Waals surface area (Å²) in [5.41, 5.74) is 6.37. The van der Waals surface area contributed by atoms with Crippen molar-refractivity contribution in [2.24, 2.45) is 0 Å². The summed E-state index contributed by atoms with van der Waals surface area (Å²) in [6.45, 7) is 9.67. The van der Waals surface area contributed by atoms with Crippen molar-refractivity contribution in [3.05, 3.63) is 68.9 Å². The molecular weight excluding hydrogens is 424 g/mol. The molecule has 0 saturated carbocycles. The third-order valence-corrected chi connectivity index (χ3v) is 8.46. The highest BCUT2D eigenvalue weighted by Gasteiger charge is 2.37. The lowest BCUT2D eigenvalue weighted by Gasteiger charge is -2.30. The molecule has 3 aliphatic rings. The Labute approximate surface area is 190 Å². The summed E-state index contributed by atoms with van der Waals surface area (Å²) in [5.74, 6) is 1.98. The summed E-state index contributed by atoms with van der Waals surface area (Å²) in [6, 6.07) is 13.4. The lowest BCUT2D eigenvalue weighted by molar-refractivity contribution is -0.677. The maximum atomic E-state index is 6.34. The molecule has 2 aromatic carbocycles. The molecule has 0 spiro atoms. The van der Waals surface area contributed by atoms with Crippen molar-refractivity contribution in [3.8, 4) is 0 Å². The third kappa shape index (κ3) is 2.99. The number of aromatic nitrogens is 1. The fourth-order valence-corrected chi connectivity index (χ4v) is 7.01. The number of nitrogens with zero attached hydrogens (tertiary/aromatic N) is 2. The van der Waals surface area contributed by atoms with E-state index in [9.17, 15) is 0 Å². The zero-order valence-electron chi connectivity index (χ0n) is 18.0. The van der Waals surface area contributed by atoms with E-state index in [-0.39, 0.29) is 0 Å². The minimum Gasteiger partial charge on any atom is -0.489 e. The first kappa shape index (κ1) is 19.3. The first-order valence-electron chi connectivity index (χ1n) is 10.9. The van der Waals surface area contributed by atoms with Crippen LogP contribution in [-0.2, 0) is 16.0 Å². The Morgan fingerprint density at radius 3 is 2.77 bits per heavy atom. The standard InChI is InChI=1S/C25H25N2O2S2/c1-4-17(22-24-26(9-11-28-22)18-13-15(2)5-7-20(18)30-24)23-25-27(10-12-29-23)19-14-16(3)6-8-21(19)31-25/h5-8,13-14H,4,9-12H2,1-3H3/q+1. The average molecular weight is 450 g/mol. The summed E-state index contributed by atoms with van der Waals surface area (Å²) in [5, 5.41) is 2.41. The monoisotopic (exact) mass is 449 g/mol. The lowest BCUT2D eigenvalue weighted by Crippen LogP contribution is -2.42. The van der Waals surface area contributed by atoms with Gasteiger partial charge in [0.15, 0.2) is 12.3 Å². The number of aryl methyl sites for hydroxylation is 2. The minimum absolute atomic E-state index is 0.690. The summed E-state index contributed by atoms with van der Waals surface area (Å²) in [7, 11) is 0. The molecule has 4 nitrogen and oxygen atoms in total. The molecule has 0 aliphatic carbocycles. The molecule has 0 N–H and O–H groups in total. The molecule has 3 aromatic rings. The number of fused-ring (bicyclic) bond motifs is 6. The van der Waals surface area contributed by atoms with E-state index in [0.29, 0.717) is 13.2 Å². The van der Waals surface area contributed by atoms with Crippen molar-refractivity contribution in [2.45, 2.75) is 38.6 Å². The second-order valence-electron chi connectivity index (χ2n) is 8.25. The Morgan fingerprint density at radius 1 is 1.06 bits per heavy atom. The molecule has 31 heavy (non-hydrogen) atoms. The van der Waals surface area contributed by atoms with E-state index in [1.807, 2.05) is 23.1 Å². The summed E-state index contributed by atoms with van der Waals surface area (Å²) in [4.78, 5) is 3.73. The van der Waals surface area contributed by atoms with Gasteiger partial charge in [0.05, 0.1) is 12.2 Å². The van der Waals surface area contributed by atoms with Gasteiger partial charge in [-0.2, -0.15) is 4.57 Å². The van der Waals surface area contributed by atoms with Gasteiger partial charge in [-0.05, 0) is 49.6 Å². The largest absolute Gasteiger partial charge is 0.489 e. The molecule has 3 aliphatic heterocycles. The molecule has 0 atom stereocenters. The zero-order valence-corrected chi connectivity index (χ0v) is 19.7. The fourth-order valence-electron chi connectivity index (χ4n) is 4.63. The zero-order chi connectivity index (χ0) is 21.1. The van der Waals surface area contributed by atoms with Gasteiger partial charge >= 0.3 is 5.01 Å². The normalized spacial score (nSPS) is 19.0. The number of hydrogen-bond donors (Lipinski definition) is 0. The number of benzene rings is 2. The second kappa shape index (κ2) is 7.31. The van der Waals surface area contributed by atoms with Crippen molar-refractivity contribution in [1.82, 2.24) is 0 Å². The molecule has 0 amide bonds. The number of allylic oxidation sites excluding steroid dienone is 1. The Bertz CT molecular complexity index is 1290. The van der Waals surface area contributed by atoms with E-state index >= 15 is 0 Å². The molecule has 0 radical (unpaired) electrons. The first-order valence-corrected chi connectivity index (χ1v) is 12.5. The molecule has 0 bridgehead atoms. The van der Waals surface area contributed by atoms with Crippen LogP contribution in [0.5, 0.6) is 0 Å². The van der Waals surface area contributed by atoms with Crippen LogP contribution in [0.4, 0.5) is 5.69 Å². The minimum atomic E-state index is 0.690. The van der Waals surface area contributed by atoms with Crippen LogP contribution in [0.1, 0.15) is 29.5 Å². The van der Waals surface area contributed by atoms with Crippen LogP contribution in [-0.4, -0.2) is 19.8 Å². The lowest BCUT2D eigenvalue weighted by atomic mass is 10.1. The molecular formula is C25H25N2O2S2+. The van der Waals surface area contributed by atoms with E-state index in [2.05, 4.69) is 66.6 Å². The summed E-state index contributed by atoms with van der Waals surface area (Å²) >= 11 is 3.64. The molecule has 1 aromatic heterocycles. The van der Waals surface area contributed by atoms with Crippen LogP contribution in [0.25, 0.3) is 16.0 Å². The van der Waals surface area contributed by atoms with Crippen LogP contribution >= 0.6 is 23.1 Å². The SMILES string of the molecule is CCC(C1=C2Sc3ccc(C)cc3N2CCO1)=C1OCC[n+]2c1sc1ccc(C)cc12. The van der Waals surface area contributed by atoms with Crippen molar-refractivity contribution in [1.29, 1.82) is 0 Å². The Hall–Kier alpha value is -2.44. The van der Waals surface area contributed by atoms with Crippen molar-refractivity contribution < 1.29 is 14.0 Å². The van der Waals surface area contributed by atoms with Crippen LogP contribution < -0.4 is 9.47 Å². The smallest absolute Gasteiger partial charge is 0.306 e. The number of thiazole rings is 1. The van der Waals surface area contributed by atoms with Gasteiger partial charge < -0.3 is 14.4 Å². The highest BCUT2D eigenvalue weighted by molar-refractivity contribution is 8.03. The Morgan fingerprint density at radius 2 is 1.90 bits per heavy atom. The number of hydrogen-bond acceptors (Lipinski definition) is 5. The van der Waals surface area contributed by atoms with Crippen molar-refractivity contribution >= 4 is 44.8 Å². The average Bonchev–Trinajstić information content (AvgIpc) is 3.33. The van der Waals surface area contributed by atoms with Gasteiger partial charge in [-0.3, -0.25) is 0 Å². The third-order valence-electron chi connectivity index (χ3n) is 6.13. The first-order chi connectivity index (χ1) is 15.1.